The number of rotatable bonds is 2. The summed E-state index contributed by atoms with van der Waals surface area (Å²) in [7, 11) is 0. The third-order valence-corrected chi connectivity index (χ3v) is 5.21. The van der Waals surface area contributed by atoms with Crippen LogP contribution in [0.15, 0.2) is 42.5 Å². The average Bonchev–Trinajstić information content (AvgIpc) is 2.61. The highest BCUT2D eigenvalue weighted by molar-refractivity contribution is 5.59. The van der Waals surface area contributed by atoms with Crippen molar-refractivity contribution in [2.75, 3.05) is 11.9 Å². The number of hydrogen-bond donors (Lipinski definition) is 2. The lowest BCUT2D eigenvalue weighted by Gasteiger charge is -2.45. The highest BCUT2D eigenvalue weighted by Crippen LogP contribution is 2.51. The number of anilines is 1. The number of nitrogens with one attached hydrogen (secondary N) is 1. The maximum absolute atomic E-state index is 14.6. The molecular formula is C20H22FNO2. The molecule has 0 aliphatic carbocycles. The van der Waals surface area contributed by atoms with E-state index in [1.807, 2.05) is 31.2 Å². The van der Waals surface area contributed by atoms with Gasteiger partial charge >= 0.3 is 0 Å². The number of aryl methyl sites for hydroxylation is 1. The largest absolute Gasteiger partial charge is 0.394 e. The molecule has 1 fully saturated rings. The van der Waals surface area contributed by atoms with Gasteiger partial charge in [-0.2, -0.15) is 0 Å². The first kappa shape index (κ1) is 15.6. The van der Waals surface area contributed by atoms with Gasteiger partial charge in [-0.1, -0.05) is 36.4 Å². The number of fused-ring (bicyclic) bond motifs is 3. The second-order valence-corrected chi connectivity index (χ2v) is 6.85. The number of ether oxygens (including phenoxy) is 1. The van der Waals surface area contributed by atoms with Crippen molar-refractivity contribution in [1.82, 2.24) is 0 Å². The topological polar surface area (TPSA) is 41.5 Å². The van der Waals surface area contributed by atoms with Crippen molar-refractivity contribution in [3.8, 4) is 0 Å². The zero-order valence-corrected chi connectivity index (χ0v) is 13.7. The van der Waals surface area contributed by atoms with E-state index in [1.165, 1.54) is 0 Å². The SMILES string of the molecule is Cc1cc(F)c2c(c1)[C@H]1O[C@@H](CO)CC[C@H]1[C@H](c1ccccc1)N2. The quantitative estimate of drug-likeness (QED) is 0.871. The van der Waals surface area contributed by atoms with Crippen LogP contribution >= 0.6 is 0 Å². The first-order valence-electron chi connectivity index (χ1n) is 8.55. The molecule has 1 saturated heterocycles. The Kier molecular flexibility index (Phi) is 4.02. The van der Waals surface area contributed by atoms with Gasteiger partial charge < -0.3 is 15.2 Å². The standard InChI is InChI=1S/C20H22FNO2/c1-12-9-16-19(17(21)10-12)22-18(13-5-3-2-4-6-13)15-8-7-14(11-23)24-20(15)16/h2-6,9-10,14-15,18,20,22-23H,7-8,11H2,1H3/t14-,15+,18+,20+/m1/s1. The van der Waals surface area contributed by atoms with Gasteiger partial charge in [0.2, 0.25) is 0 Å². The molecule has 2 aliphatic rings. The average molecular weight is 327 g/mol. The minimum absolute atomic E-state index is 0.0102. The third-order valence-electron chi connectivity index (χ3n) is 5.21. The normalized spacial score (nSPS) is 28.6. The highest BCUT2D eigenvalue weighted by atomic mass is 19.1. The van der Waals surface area contributed by atoms with E-state index in [4.69, 9.17) is 4.74 Å². The Morgan fingerprint density at radius 3 is 2.75 bits per heavy atom. The first-order chi connectivity index (χ1) is 11.7. The minimum Gasteiger partial charge on any atom is -0.394 e. The summed E-state index contributed by atoms with van der Waals surface area (Å²) in [6.07, 6.45) is 1.41. The van der Waals surface area contributed by atoms with Crippen molar-refractivity contribution in [3.05, 3.63) is 65.0 Å². The van der Waals surface area contributed by atoms with Crippen LogP contribution in [0, 0.1) is 18.7 Å². The molecule has 0 spiro atoms. The van der Waals surface area contributed by atoms with Crippen LogP contribution in [0.5, 0.6) is 0 Å². The van der Waals surface area contributed by atoms with Gasteiger partial charge in [0.05, 0.1) is 30.5 Å². The van der Waals surface area contributed by atoms with E-state index < -0.39 is 0 Å². The summed E-state index contributed by atoms with van der Waals surface area (Å²) in [4.78, 5) is 0. The van der Waals surface area contributed by atoms with Crippen molar-refractivity contribution in [1.29, 1.82) is 0 Å². The zero-order valence-electron chi connectivity index (χ0n) is 13.7. The van der Waals surface area contributed by atoms with Gasteiger partial charge in [-0.15, -0.1) is 0 Å². The third kappa shape index (κ3) is 2.60. The lowest BCUT2D eigenvalue weighted by atomic mass is 9.76. The van der Waals surface area contributed by atoms with Gasteiger partial charge in [-0.05, 0) is 37.0 Å². The molecule has 0 radical (unpaired) electrons. The van der Waals surface area contributed by atoms with Gasteiger partial charge in [0.1, 0.15) is 5.82 Å². The molecule has 2 aromatic carbocycles. The lowest BCUT2D eigenvalue weighted by Crippen LogP contribution is -2.40. The van der Waals surface area contributed by atoms with Crippen molar-refractivity contribution >= 4 is 5.69 Å². The molecule has 0 amide bonds. The summed E-state index contributed by atoms with van der Waals surface area (Å²) in [5.41, 5.74) is 3.45. The van der Waals surface area contributed by atoms with Crippen molar-refractivity contribution in [2.45, 2.75) is 38.0 Å². The molecule has 0 bridgehead atoms. The smallest absolute Gasteiger partial charge is 0.146 e. The molecule has 0 aromatic heterocycles. The second kappa shape index (κ2) is 6.19. The summed E-state index contributed by atoms with van der Waals surface area (Å²) in [6.45, 7) is 1.91. The molecule has 4 atom stereocenters. The molecular weight excluding hydrogens is 305 g/mol. The Morgan fingerprint density at radius 1 is 1.21 bits per heavy atom. The van der Waals surface area contributed by atoms with Crippen LogP contribution < -0.4 is 5.32 Å². The van der Waals surface area contributed by atoms with Crippen LogP contribution in [0.25, 0.3) is 0 Å². The second-order valence-electron chi connectivity index (χ2n) is 6.85. The Labute approximate surface area is 141 Å². The van der Waals surface area contributed by atoms with Crippen molar-refractivity contribution < 1.29 is 14.2 Å². The van der Waals surface area contributed by atoms with Gasteiger partial charge in [-0.25, -0.2) is 4.39 Å². The van der Waals surface area contributed by atoms with E-state index in [2.05, 4.69) is 17.4 Å². The molecule has 2 heterocycles. The maximum atomic E-state index is 14.6. The molecule has 0 saturated carbocycles. The lowest BCUT2D eigenvalue weighted by molar-refractivity contribution is -0.110. The number of aliphatic hydroxyl groups is 1. The van der Waals surface area contributed by atoms with Crippen LogP contribution in [0.1, 0.15) is 41.7 Å². The van der Waals surface area contributed by atoms with Crippen LogP contribution in [-0.2, 0) is 4.74 Å². The van der Waals surface area contributed by atoms with E-state index >= 15 is 0 Å². The van der Waals surface area contributed by atoms with Gasteiger partial charge in [0.25, 0.3) is 0 Å². The molecule has 126 valence electrons. The summed E-state index contributed by atoms with van der Waals surface area (Å²) in [5.74, 6) is -0.0111. The van der Waals surface area contributed by atoms with E-state index in [1.54, 1.807) is 6.07 Å². The van der Waals surface area contributed by atoms with Crippen molar-refractivity contribution in [2.24, 2.45) is 5.92 Å². The monoisotopic (exact) mass is 327 g/mol. The van der Waals surface area contributed by atoms with Gasteiger partial charge in [-0.3, -0.25) is 0 Å². The van der Waals surface area contributed by atoms with E-state index in [-0.39, 0.29) is 36.6 Å². The van der Waals surface area contributed by atoms with Crippen LogP contribution in [0.4, 0.5) is 10.1 Å². The highest BCUT2D eigenvalue weighted by Gasteiger charge is 2.43. The number of benzene rings is 2. The number of aliphatic hydroxyl groups excluding tert-OH is 1. The zero-order chi connectivity index (χ0) is 16.7. The molecule has 2 aliphatic heterocycles. The van der Waals surface area contributed by atoms with E-state index in [9.17, 15) is 9.50 Å². The Morgan fingerprint density at radius 2 is 2.00 bits per heavy atom. The summed E-state index contributed by atoms with van der Waals surface area (Å²) in [6, 6.07) is 13.7. The van der Waals surface area contributed by atoms with Crippen LogP contribution in [0.3, 0.4) is 0 Å². The molecule has 4 rings (SSSR count). The molecule has 3 nitrogen and oxygen atoms in total. The summed E-state index contributed by atoms with van der Waals surface area (Å²) < 4.78 is 20.8. The molecule has 24 heavy (non-hydrogen) atoms. The van der Waals surface area contributed by atoms with E-state index in [0.29, 0.717) is 5.69 Å². The predicted molar refractivity (Wildman–Crippen MR) is 91.4 cm³/mol. The Balaban J connectivity index is 1.80. The van der Waals surface area contributed by atoms with Crippen molar-refractivity contribution in [3.63, 3.8) is 0 Å². The fraction of sp³-hybridized carbons (Fsp3) is 0.400. The Hall–Kier alpha value is -1.91. The van der Waals surface area contributed by atoms with Gasteiger partial charge in [0, 0.05) is 11.5 Å². The first-order valence-corrected chi connectivity index (χ1v) is 8.55. The number of halogens is 1. The Bertz CT molecular complexity index is 734. The molecule has 4 heteroatoms. The predicted octanol–water partition coefficient (Wildman–Crippen LogP) is 4.13. The number of hydrogen-bond acceptors (Lipinski definition) is 3. The minimum atomic E-state index is -0.237. The molecule has 2 aromatic rings. The van der Waals surface area contributed by atoms with Gasteiger partial charge in [0.15, 0.2) is 0 Å². The summed E-state index contributed by atoms with van der Waals surface area (Å²) in [5, 5.41) is 12.9. The van der Waals surface area contributed by atoms with Crippen LogP contribution in [0.2, 0.25) is 0 Å². The fourth-order valence-electron chi connectivity index (χ4n) is 4.08. The van der Waals surface area contributed by atoms with Crippen LogP contribution in [-0.4, -0.2) is 17.8 Å². The summed E-state index contributed by atoms with van der Waals surface area (Å²) >= 11 is 0. The van der Waals surface area contributed by atoms with E-state index in [0.717, 1.165) is 29.5 Å². The molecule has 2 N–H and O–H groups in total. The fourth-order valence-corrected chi connectivity index (χ4v) is 4.08. The molecule has 0 unspecified atom stereocenters. The maximum Gasteiger partial charge on any atom is 0.146 e.